The molecule has 0 aliphatic carbocycles. The van der Waals surface area contributed by atoms with Crippen LogP contribution in [-0.4, -0.2) is 16.1 Å². The molecule has 0 saturated heterocycles. The minimum absolute atomic E-state index is 0.176. The topological polar surface area (TPSA) is 29.9 Å². The van der Waals surface area contributed by atoms with Gasteiger partial charge in [-0.05, 0) is 24.4 Å². The van der Waals surface area contributed by atoms with Gasteiger partial charge in [-0.2, -0.15) is 0 Å². The summed E-state index contributed by atoms with van der Waals surface area (Å²) >= 11 is 1.75. The molecule has 0 aliphatic heterocycles. The first kappa shape index (κ1) is 12.1. The average Bonchev–Trinajstić information content (AvgIpc) is 2.96. The fourth-order valence-corrected chi connectivity index (χ4v) is 2.56. The molecule has 0 amide bonds. The molecule has 0 saturated carbocycles. The van der Waals surface area contributed by atoms with Crippen molar-refractivity contribution in [1.29, 1.82) is 0 Å². The molecule has 4 heteroatoms. The lowest BCUT2D eigenvalue weighted by molar-refractivity contribution is 0.571. The van der Waals surface area contributed by atoms with Crippen LogP contribution in [0.3, 0.4) is 0 Å². The van der Waals surface area contributed by atoms with Crippen LogP contribution in [0.25, 0.3) is 0 Å². The number of imidazole rings is 1. The number of rotatable bonds is 6. The summed E-state index contributed by atoms with van der Waals surface area (Å²) in [5.74, 6) is 1.05. The molecule has 17 heavy (non-hydrogen) atoms. The number of aryl methyl sites for hydroxylation is 1. The first-order valence-corrected chi connectivity index (χ1v) is 6.56. The third-order valence-corrected chi connectivity index (χ3v) is 3.58. The largest absolute Gasteiger partial charge is 0.336 e. The van der Waals surface area contributed by atoms with Crippen molar-refractivity contribution in [3.05, 3.63) is 53.3 Å². The van der Waals surface area contributed by atoms with Crippen LogP contribution in [0, 0.1) is 0 Å². The molecule has 2 aromatic heterocycles. The van der Waals surface area contributed by atoms with Crippen molar-refractivity contribution in [2.45, 2.75) is 12.5 Å². The first-order valence-electron chi connectivity index (χ1n) is 5.68. The maximum Gasteiger partial charge on any atom is 0.131 e. The van der Waals surface area contributed by atoms with Crippen molar-refractivity contribution < 1.29 is 0 Å². The van der Waals surface area contributed by atoms with E-state index in [2.05, 4.69) is 39.0 Å². The molecule has 1 N–H and O–H groups in total. The molecule has 0 fully saturated rings. The van der Waals surface area contributed by atoms with E-state index in [1.807, 2.05) is 25.5 Å². The van der Waals surface area contributed by atoms with Crippen LogP contribution in [0.15, 0.2) is 42.6 Å². The molecule has 90 valence electrons. The zero-order valence-corrected chi connectivity index (χ0v) is 10.8. The fourth-order valence-electron chi connectivity index (χ4n) is 1.76. The molecular weight excluding hydrogens is 230 g/mol. The van der Waals surface area contributed by atoms with E-state index in [4.69, 9.17) is 0 Å². The average molecular weight is 247 g/mol. The Kier molecular flexibility index (Phi) is 4.12. The molecule has 1 atom stereocenters. The predicted octanol–water partition coefficient (Wildman–Crippen LogP) is 2.74. The Bertz CT molecular complexity index is 459. The summed E-state index contributed by atoms with van der Waals surface area (Å²) < 4.78 is 2.06. The van der Waals surface area contributed by atoms with Gasteiger partial charge >= 0.3 is 0 Å². The molecule has 2 heterocycles. The van der Waals surface area contributed by atoms with E-state index in [0.29, 0.717) is 0 Å². The highest BCUT2D eigenvalue weighted by Crippen LogP contribution is 2.24. The standard InChI is InChI=1S/C13H17N3S/c1-3-4-7-14-12(11-6-5-10-17-11)13-15-8-9-16(13)2/h3,5-6,8-10,12,14H,1,4,7H2,2H3. The summed E-state index contributed by atoms with van der Waals surface area (Å²) in [6.07, 6.45) is 6.71. The first-order chi connectivity index (χ1) is 8.33. The normalized spacial score (nSPS) is 12.5. The molecule has 0 bridgehead atoms. The lowest BCUT2D eigenvalue weighted by Gasteiger charge is -2.16. The number of aromatic nitrogens is 2. The Morgan fingerprint density at radius 1 is 1.65 bits per heavy atom. The number of hydrogen-bond acceptors (Lipinski definition) is 3. The lowest BCUT2D eigenvalue weighted by Crippen LogP contribution is -2.25. The monoisotopic (exact) mass is 247 g/mol. The minimum Gasteiger partial charge on any atom is -0.336 e. The van der Waals surface area contributed by atoms with Crippen molar-refractivity contribution in [2.75, 3.05) is 6.54 Å². The van der Waals surface area contributed by atoms with Crippen LogP contribution in [0.1, 0.15) is 23.2 Å². The minimum atomic E-state index is 0.176. The van der Waals surface area contributed by atoms with Gasteiger partial charge in [0.15, 0.2) is 0 Å². The van der Waals surface area contributed by atoms with Gasteiger partial charge in [0.05, 0.1) is 0 Å². The van der Waals surface area contributed by atoms with E-state index in [9.17, 15) is 0 Å². The SMILES string of the molecule is C=CCCNC(c1cccs1)c1nccn1C. The third-order valence-electron chi connectivity index (χ3n) is 2.64. The Morgan fingerprint density at radius 2 is 2.53 bits per heavy atom. The van der Waals surface area contributed by atoms with Crippen molar-refractivity contribution >= 4 is 11.3 Å². The maximum atomic E-state index is 4.43. The zero-order valence-electron chi connectivity index (χ0n) is 9.97. The molecule has 0 spiro atoms. The van der Waals surface area contributed by atoms with Crippen LogP contribution in [0.4, 0.5) is 0 Å². The second kappa shape index (κ2) is 5.80. The van der Waals surface area contributed by atoms with Gasteiger partial charge in [0, 0.05) is 24.3 Å². The van der Waals surface area contributed by atoms with Crippen LogP contribution < -0.4 is 5.32 Å². The maximum absolute atomic E-state index is 4.43. The van der Waals surface area contributed by atoms with Crippen molar-refractivity contribution in [3.63, 3.8) is 0 Å². The van der Waals surface area contributed by atoms with E-state index in [1.165, 1.54) is 4.88 Å². The number of thiophene rings is 1. The Hall–Kier alpha value is -1.39. The van der Waals surface area contributed by atoms with Crippen molar-refractivity contribution in [3.8, 4) is 0 Å². The Labute approximate surface area is 106 Å². The van der Waals surface area contributed by atoms with Gasteiger partial charge in [-0.1, -0.05) is 12.1 Å². The van der Waals surface area contributed by atoms with Gasteiger partial charge < -0.3 is 9.88 Å². The number of nitrogens with one attached hydrogen (secondary N) is 1. The second-order valence-corrected chi connectivity index (χ2v) is 4.86. The van der Waals surface area contributed by atoms with Gasteiger partial charge in [-0.25, -0.2) is 4.98 Å². The highest BCUT2D eigenvalue weighted by Gasteiger charge is 2.17. The zero-order chi connectivity index (χ0) is 12.1. The molecule has 1 unspecified atom stereocenters. The van der Waals surface area contributed by atoms with Gasteiger partial charge in [0.25, 0.3) is 0 Å². The summed E-state index contributed by atoms with van der Waals surface area (Å²) in [5, 5.41) is 5.62. The molecule has 2 rings (SSSR count). The van der Waals surface area contributed by atoms with Gasteiger partial charge in [-0.3, -0.25) is 0 Å². The van der Waals surface area contributed by atoms with Crippen LogP contribution in [-0.2, 0) is 7.05 Å². The molecule has 3 nitrogen and oxygen atoms in total. The summed E-state index contributed by atoms with van der Waals surface area (Å²) in [4.78, 5) is 5.73. The summed E-state index contributed by atoms with van der Waals surface area (Å²) in [5.41, 5.74) is 0. The summed E-state index contributed by atoms with van der Waals surface area (Å²) in [6, 6.07) is 4.39. The lowest BCUT2D eigenvalue weighted by atomic mass is 10.2. The van der Waals surface area contributed by atoms with Gasteiger partial charge in [0.1, 0.15) is 11.9 Å². The molecule has 0 radical (unpaired) electrons. The van der Waals surface area contributed by atoms with Crippen LogP contribution >= 0.6 is 11.3 Å². The Balaban J connectivity index is 2.19. The highest BCUT2D eigenvalue weighted by atomic mass is 32.1. The predicted molar refractivity (Wildman–Crippen MR) is 72.2 cm³/mol. The van der Waals surface area contributed by atoms with E-state index in [1.54, 1.807) is 11.3 Å². The summed E-state index contributed by atoms with van der Waals surface area (Å²) in [7, 11) is 2.03. The van der Waals surface area contributed by atoms with Gasteiger partial charge in [0.2, 0.25) is 0 Å². The Morgan fingerprint density at radius 3 is 3.12 bits per heavy atom. The highest BCUT2D eigenvalue weighted by molar-refractivity contribution is 7.10. The van der Waals surface area contributed by atoms with E-state index in [0.717, 1.165) is 18.8 Å². The summed E-state index contributed by atoms with van der Waals surface area (Å²) in [6.45, 7) is 4.66. The fraction of sp³-hybridized carbons (Fsp3) is 0.308. The van der Waals surface area contributed by atoms with E-state index < -0.39 is 0 Å². The molecule has 2 aromatic rings. The van der Waals surface area contributed by atoms with Crippen LogP contribution in [0.5, 0.6) is 0 Å². The van der Waals surface area contributed by atoms with Crippen LogP contribution in [0.2, 0.25) is 0 Å². The van der Waals surface area contributed by atoms with E-state index >= 15 is 0 Å². The number of hydrogen-bond donors (Lipinski definition) is 1. The molecule has 0 aromatic carbocycles. The quantitative estimate of drug-likeness (QED) is 0.628. The van der Waals surface area contributed by atoms with Gasteiger partial charge in [-0.15, -0.1) is 17.9 Å². The van der Waals surface area contributed by atoms with E-state index in [-0.39, 0.29) is 6.04 Å². The second-order valence-electron chi connectivity index (χ2n) is 3.88. The third kappa shape index (κ3) is 2.84. The smallest absolute Gasteiger partial charge is 0.131 e. The molecular formula is C13H17N3S. The van der Waals surface area contributed by atoms with Crippen molar-refractivity contribution in [2.24, 2.45) is 7.05 Å². The van der Waals surface area contributed by atoms with Crippen molar-refractivity contribution in [1.82, 2.24) is 14.9 Å². The molecule has 0 aliphatic rings. The number of nitrogens with zero attached hydrogens (tertiary/aromatic N) is 2.